The summed E-state index contributed by atoms with van der Waals surface area (Å²) in [4.78, 5) is 10.2. The smallest absolute Gasteiger partial charge is 0.283 e. The van der Waals surface area contributed by atoms with E-state index in [0.29, 0.717) is 10.4 Å². The standard InChI is InChI=1S/C14H12N2O5S/c1-22(20,21)13-8-7-11(14(9-13)16(18)19)10-15(17)12-5-3-2-4-6-12/h2-10H,1H3/b15-10-. The second-order valence-corrected chi connectivity index (χ2v) is 6.56. The largest absolute Gasteiger partial charge is 0.618 e. The van der Waals surface area contributed by atoms with Crippen molar-refractivity contribution in [2.75, 3.05) is 6.26 Å². The summed E-state index contributed by atoms with van der Waals surface area (Å²) in [5.41, 5.74) is -0.111. The molecule has 0 aromatic heterocycles. The Balaban J connectivity index is 2.54. The number of para-hydroxylation sites is 1. The molecule has 0 bridgehead atoms. The SMILES string of the molecule is CS(=O)(=O)c1ccc(/C=[N+](\[O-])c2ccccc2)c([N+](=O)[O-])c1. The van der Waals surface area contributed by atoms with Crippen molar-refractivity contribution in [3.05, 3.63) is 69.4 Å². The predicted octanol–water partition coefficient (Wildman–Crippen LogP) is 2.26. The van der Waals surface area contributed by atoms with Crippen LogP contribution in [-0.4, -0.2) is 30.6 Å². The third-order valence-electron chi connectivity index (χ3n) is 2.89. The van der Waals surface area contributed by atoms with Gasteiger partial charge in [0.1, 0.15) is 5.56 Å². The Hall–Kier alpha value is -2.74. The maximum absolute atomic E-state index is 12.0. The Bertz CT molecular complexity index is 845. The second kappa shape index (κ2) is 5.94. The number of nitrogens with zero attached hydrogens (tertiary/aromatic N) is 2. The Morgan fingerprint density at radius 3 is 2.23 bits per heavy atom. The van der Waals surface area contributed by atoms with Crippen LogP contribution >= 0.6 is 0 Å². The monoisotopic (exact) mass is 320 g/mol. The number of nitro groups is 1. The van der Waals surface area contributed by atoms with Gasteiger partial charge in [-0.2, -0.15) is 4.74 Å². The molecule has 0 saturated heterocycles. The zero-order chi connectivity index (χ0) is 16.3. The highest BCUT2D eigenvalue weighted by Gasteiger charge is 2.19. The van der Waals surface area contributed by atoms with Gasteiger partial charge in [0.2, 0.25) is 5.69 Å². The van der Waals surface area contributed by atoms with Crippen molar-refractivity contribution >= 4 is 27.4 Å². The van der Waals surface area contributed by atoms with Crippen LogP contribution in [0.15, 0.2) is 53.4 Å². The first-order valence-electron chi connectivity index (χ1n) is 6.14. The summed E-state index contributed by atoms with van der Waals surface area (Å²) in [6, 6.07) is 11.6. The van der Waals surface area contributed by atoms with Gasteiger partial charge >= 0.3 is 0 Å². The molecular weight excluding hydrogens is 308 g/mol. The van der Waals surface area contributed by atoms with Crippen molar-refractivity contribution in [3.63, 3.8) is 0 Å². The van der Waals surface area contributed by atoms with Gasteiger partial charge in [-0.15, -0.1) is 0 Å². The van der Waals surface area contributed by atoms with E-state index in [1.54, 1.807) is 30.3 Å². The molecule has 0 spiro atoms. The van der Waals surface area contributed by atoms with Crippen molar-refractivity contribution in [2.45, 2.75) is 4.90 Å². The zero-order valence-electron chi connectivity index (χ0n) is 11.5. The molecule has 114 valence electrons. The lowest BCUT2D eigenvalue weighted by atomic mass is 10.2. The number of rotatable bonds is 4. The maximum atomic E-state index is 12.0. The van der Waals surface area contributed by atoms with Gasteiger partial charge in [-0.3, -0.25) is 10.1 Å². The molecule has 7 nitrogen and oxygen atoms in total. The average molecular weight is 320 g/mol. The molecule has 2 rings (SSSR count). The molecule has 8 heteroatoms. The van der Waals surface area contributed by atoms with E-state index in [-0.39, 0.29) is 10.5 Å². The molecule has 0 unspecified atom stereocenters. The van der Waals surface area contributed by atoms with Crippen LogP contribution < -0.4 is 0 Å². The second-order valence-electron chi connectivity index (χ2n) is 4.54. The van der Waals surface area contributed by atoms with Crippen molar-refractivity contribution < 1.29 is 18.1 Å². The van der Waals surface area contributed by atoms with Crippen molar-refractivity contribution in [3.8, 4) is 0 Å². The molecule has 2 aromatic carbocycles. The zero-order valence-corrected chi connectivity index (χ0v) is 12.4. The molecule has 0 radical (unpaired) electrons. The Morgan fingerprint density at radius 2 is 1.68 bits per heavy atom. The lowest BCUT2D eigenvalue weighted by Gasteiger charge is -2.04. The molecule has 0 N–H and O–H groups in total. The normalized spacial score (nSPS) is 12.1. The summed E-state index contributed by atoms with van der Waals surface area (Å²) in [5.74, 6) is 0. The molecule has 0 aliphatic heterocycles. The number of hydrogen-bond donors (Lipinski definition) is 0. The summed E-state index contributed by atoms with van der Waals surface area (Å²) >= 11 is 0. The van der Waals surface area contributed by atoms with E-state index >= 15 is 0 Å². The molecule has 0 saturated carbocycles. The van der Waals surface area contributed by atoms with Gasteiger partial charge in [-0.25, -0.2) is 8.42 Å². The lowest BCUT2D eigenvalue weighted by molar-refractivity contribution is -0.386. The molecule has 0 aliphatic carbocycles. The first-order valence-corrected chi connectivity index (χ1v) is 8.03. The van der Waals surface area contributed by atoms with E-state index in [1.165, 1.54) is 12.1 Å². The fourth-order valence-electron chi connectivity index (χ4n) is 1.80. The van der Waals surface area contributed by atoms with Gasteiger partial charge in [0.05, 0.1) is 9.82 Å². The summed E-state index contributed by atoms with van der Waals surface area (Å²) in [7, 11) is -3.57. The van der Waals surface area contributed by atoms with E-state index in [1.807, 2.05) is 0 Å². The van der Waals surface area contributed by atoms with Gasteiger partial charge in [-0.05, 0) is 12.1 Å². The van der Waals surface area contributed by atoms with Crippen LogP contribution in [0.25, 0.3) is 0 Å². The minimum atomic E-state index is -3.57. The fraction of sp³-hybridized carbons (Fsp3) is 0.0714. The van der Waals surface area contributed by atoms with Crippen LogP contribution in [-0.2, 0) is 9.84 Å². The fourth-order valence-corrected chi connectivity index (χ4v) is 2.44. The van der Waals surface area contributed by atoms with Gasteiger partial charge in [0, 0.05) is 24.5 Å². The van der Waals surface area contributed by atoms with E-state index in [4.69, 9.17) is 0 Å². The Kier molecular flexibility index (Phi) is 4.22. The molecule has 2 aromatic rings. The summed E-state index contributed by atoms with van der Waals surface area (Å²) in [6.07, 6.45) is 2.00. The number of sulfone groups is 1. The van der Waals surface area contributed by atoms with Crippen LogP contribution in [0.4, 0.5) is 11.4 Å². The number of hydrogen-bond acceptors (Lipinski definition) is 5. The molecule has 0 amide bonds. The summed E-state index contributed by atoms with van der Waals surface area (Å²) in [6.45, 7) is 0. The van der Waals surface area contributed by atoms with Crippen LogP contribution in [0.1, 0.15) is 5.56 Å². The predicted molar refractivity (Wildman–Crippen MR) is 81.1 cm³/mol. The Morgan fingerprint density at radius 1 is 1.05 bits per heavy atom. The van der Waals surface area contributed by atoms with Crippen molar-refractivity contribution in [2.24, 2.45) is 0 Å². The van der Waals surface area contributed by atoms with Gasteiger partial charge in [0.15, 0.2) is 16.1 Å². The van der Waals surface area contributed by atoms with Gasteiger partial charge < -0.3 is 5.21 Å². The minimum absolute atomic E-state index is 0.0243. The van der Waals surface area contributed by atoms with Crippen LogP contribution in [0.3, 0.4) is 0 Å². The maximum Gasteiger partial charge on any atom is 0.283 e. The number of benzene rings is 2. The Labute approximate surface area is 126 Å². The topological polar surface area (TPSA) is 103 Å². The van der Waals surface area contributed by atoms with Crippen LogP contribution in [0, 0.1) is 15.3 Å². The molecule has 0 fully saturated rings. The van der Waals surface area contributed by atoms with Crippen LogP contribution in [0.5, 0.6) is 0 Å². The van der Waals surface area contributed by atoms with E-state index in [2.05, 4.69) is 0 Å². The highest BCUT2D eigenvalue weighted by molar-refractivity contribution is 7.90. The molecule has 22 heavy (non-hydrogen) atoms. The molecule has 0 heterocycles. The highest BCUT2D eigenvalue weighted by atomic mass is 32.2. The first-order chi connectivity index (χ1) is 10.3. The molecule has 0 aliphatic rings. The van der Waals surface area contributed by atoms with Gasteiger partial charge in [0.25, 0.3) is 5.69 Å². The number of nitro benzene ring substituents is 1. The third kappa shape index (κ3) is 3.47. The highest BCUT2D eigenvalue weighted by Crippen LogP contribution is 2.22. The average Bonchev–Trinajstić information content (AvgIpc) is 2.47. The van der Waals surface area contributed by atoms with E-state index in [0.717, 1.165) is 18.5 Å². The minimum Gasteiger partial charge on any atom is -0.618 e. The third-order valence-corrected chi connectivity index (χ3v) is 4.00. The van der Waals surface area contributed by atoms with Gasteiger partial charge in [-0.1, -0.05) is 18.2 Å². The van der Waals surface area contributed by atoms with Crippen molar-refractivity contribution in [1.82, 2.24) is 0 Å². The van der Waals surface area contributed by atoms with Crippen LogP contribution in [0.2, 0.25) is 0 Å². The lowest BCUT2D eigenvalue weighted by Crippen LogP contribution is -2.04. The quantitative estimate of drug-likeness (QED) is 0.282. The first kappa shape index (κ1) is 15.6. The molecule has 0 atom stereocenters. The van der Waals surface area contributed by atoms with E-state index < -0.39 is 20.4 Å². The molecular formula is C14H12N2O5S. The summed E-state index contributed by atoms with van der Waals surface area (Å²) < 4.78 is 23.4. The summed E-state index contributed by atoms with van der Waals surface area (Å²) in [5, 5.41) is 23.1. The van der Waals surface area contributed by atoms with Crippen molar-refractivity contribution in [1.29, 1.82) is 0 Å². The van der Waals surface area contributed by atoms with E-state index in [9.17, 15) is 23.7 Å².